The van der Waals surface area contributed by atoms with Crippen molar-refractivity contribution >= 4 is 0 Å². The zero-order chi connectivity index (χ0) is 24.6. The van der Waals surface area contributed by atoms with Crippen molar-refractivity contribution in [3.63, 3.8) is 0 Å². The minimum absolute atomic E-state index is 0.0155. The average molecular weight is 473 g/mol. The van der Waals surface area contributed by atoms with Crippen molar-refractivity contribution in [2.45, 2.75) is 111 Å². The molecule has 34 heavy (non-hydrogen) atoms. The van der Waals surface area contributed by atoms with Crippen molar-refractivity contribution in [1.82, 2.24) is 0 Å². The van der Waals surface area contributed by atoms with Crippen LogP contribution in [0.3, 0.4) is 0 Å². The Kier molecular flexibility index (Phi) is 4.87. The van der Waals surface area contributed by atoms with E-state index in [1.165, 1.54) is 18.4 Å². The normalized spacial score (nSPS) is 59.7. The second-order valence-electron chi connectivity index (χ2n) is 15.1. The summed E-state index contributed by atoms with van der Waals surface area (Å²) < 4.78 is 6.51. The Labute approximate surface area is 206 Å². The topological polar surface area (TPSA) is 69.9 Å². The Hall–Kier alpha value is -0.420. The minimum Gasteiger partial charge on any atom is -0.392 e. The highest BCUT2D eigenvalue weighted by Crippen LogP contribution is 2.78. The van der Waals surface area contributed by atoms with Crippen LogP contribution in [-0.2, 0) is 4.74 Å². The lowest BCUT2D eigenvalue weighted by atomic mass is 9.35. The smallest absolute Gasteiger partial charge is 0.0853 e. The molecule has 0 aromatic rings. The molecular formula is C30H48O4. The van der Waals surface area contributed by atoms with E-state index in [0.29, 0.717) is 36.2 Å². The molecule has 192 valence electrons. The van der Waals surface area contributed by atoms with Crippen molar-refractivity contribution in [1.29, 1.82) is 0 Å². The first-order chi connectivity index (χ1) is 15.7. The number of hydrogen-bond acceptors (Lipinski definition) is 4. The van der Waals surface area contributed by atoms with E-state index in [0.717, 1.165) is 25.4 Å². The van der Waals surface area contributed by atoms with E-state index < -0.39 is 23.7 Å². The first-order valence-corrected chi connectivity index (χ1v) is 14.1. The minimum atomic E-state index is -0.742. The summed E-state index contributed by atoms with van der Waals surface area (Å²) in [5, 5.41) is 33.7. The lowest BCUT2D eigenvalue weighted by molar-refractivity contribution is -0.207. The maximum absolute atomic E-state index is 11.9. The molecule has 3 N–H and O–H groups in total. The predicted octanol–water partition coefficient (Wildman–Crippen LogP) is 4.96. The molecule has 5 aliphatic carbocycles. The van der Waals surface area contributed by atoms with Gasteiger partial charge in [0.15, 0.2) is 0 Å². The molecule has 0 spiro atoms. The van der Waals surface area contributed by atoms with Gasteiger partial charge < -0.3 is 20.1 Å². The van der Waals surface area contributed by atoms with Crippen LogP contribution in [0.2, 0.25) is 0 Å². The third-order valence-electron chi connectivity index (χ3n) is 13.4. The molecule has 4 heteroatoms. The monoisotopic (exact) mass is 472 g/mol. The summed E-state index contributed by atoms with van der Waals surface area (Å²) in [4.78, 5) is 0. The van der Waals surface area contributed by atoms with Crippen LogP contribution in [0.25, 0.3) is 0 Å². The third-order valence-corrected chi connectivity index (χ3v) is 13.4. The summed E-state index contributed by atoms with van der Waals surface area (Å²) in [5.41, 5.74) is 1.20. The maximum Gasteiger partial charge on any atom is 0.0853 e. The zero-order valence-electron chi connectivity index (χ0n) is 22.5. The number of fused-ring (bicyclic) bond motifs is 5. The van der Waals surface area contributed by atoms with Gasteiger partial charge in [0.2, 0.25) is 0 Å². The fraction of sp³-hybridized carbons (Fsp3) is 0.933. The Bertz CT molecular complexity index is 909. The molecule has 5 fully saturated rings. The summed E-state index contributed by atoms with van der Waals surface area (Å²) in [6, 6.07) is 0. The van der Waals surface area contributed by atoms with Gasteiger partial charge in [0, 0.05) is 11.3 Å². The largest absolute Gasteiger partial charge is 0.392 e. The Balaban J connectivity index is 1.46. The second-order valence-corrected chi connectivity index (χ2v) is 15.1. The molecule has 1 heterocycles. The van der Waals surface area contributed by atoms with Gasteiger partial charge in [-0.05, 0) is 83.9 Å². The number of allylic oxidation sites excluding steroid dienone is 1. The SMILES string of the molecule is CC(C)[C@@H]1C[C@@H]2OC[C@]13CC[C@@]1(C)[C@H]4C(=CC[C@]1(C)[C@@H]23)[C@@]1(C)C[C@@H](O)[C@H](O)C(C)(C)[C@@H]1C[C@@H]4O. The molecule has 2 bridgehead atoms. The van der Waals surface area contributed by atoms with Gasteiger partial charge in [0.1, 0.15) is 0 Å². The van der Waals surface area contributed by atoms with Gasteiger partial charge in [0.05, 0.1) is 31.0 Å². The third kappa shape index (κ3) is 2.50. The predicted molar refractivity (Wildman–Crippen MR) is 133 cm³/mol. The summed E-state index contributed by atoms with van der Waals surface area (Å²) >= 11 is 0. The van der Waals surface area contributed by atoms with Crippen LogP contribution < -0.4 is 0 Å². The maximum atomic E-state index is 11.9. The van der Waals surface area contributed by atoms with Crippen LogP contribution in [-0.4, -0.2) is 46.3 Å². The average Bonchev–Trinajstić information content (AvgIpc) is 3.30. The Morgan fingerprint density at radius 1 is 0.941 bits per heavy atom. The van der Waals surface area contributed by atoms with E-state index in [4.69, 9.17) is 4.74 Å². The number of rotatable bonds is 1. The molecule has 6 rings (SSSR count). The van der Waals surface area contributed by atoms with Gasteiger partial charge in [-0.2, -0.15) is 0 Å². The van der Waals surface area contributed by atoms with Crippen molar-refractivity contribution in [2.24, 2.45) is 56.7 Å². The number of aliphatic hydroxyl groups is 3. The molecular weight excluding hydrogens is 424 g/mol. The van der Waals surface area contributed by atoms with E-state index in [2.05, 4.69) is 54.5 Å². The molecule has 0 radical (unpaired) electrons. The van der Waals surface area contributed by atoms with Crippen molar-refractivity contribution < 1.29 is 20.1 Å². The molecule has 4 nitrogen and oxygen atoms in total. The molecule has 0 aromatic heterocycles. The van der Waals surface area contributed by atoms with Crippen molar-refractivity contribution in [3.8, 4) is 0 Å². The molecule has 1 saturated heterocycles. The summed E-state index contributed by atoms with van der Waals surface area (Å²) in [5.74, 6) is 2.29. The second kappa shape index (κ2) is 6.91. The first kappa shape index (κ1) is 23.9. The van der Waals surface area contributed by atoms with Crippen molar-refractivity contribution in [3.05, 3.63) is 11.6 Å². The zero-order valence-corrected chi connectivity index (χ0v) is 22.5. The molecule has 0 unspecified atom stereocenters. The van der Waals surface area contributed by atoms with Crippen LogP contribution in [0.4, 0.5) is 0 Å². The van der Waals surface area contributed by atoms with Crippen LogP contribution in [0.15, 0.2) is 11.6 Å². The number of aliphatic hydroxyl groups excluding tert-OH is 3. The lowest BCUT2D eigenvalue weighted by Crippen LogP contribution is -2.67. The highest BCUT2D eigenvalue weighted by molar-refractivity contribution is 5.36. The van der Waals surface area contributed by atoms with Crippen LogP contribution >= 0.6 is 0 Å². The molecule has 0 amide bonds. The number of hydrogen-bond donors (Lipinski definition) is 3. The molecule has 1 aliphatic heterocycles. The fourth-order valence-corrected chi connectivity index (χ4v) is 11.7. The van der Waals surface area contributed by atoms with Gasteiger partial charge in [-0.25, -0.2) is 0 Å². The van der Waals surface area contributed by atoms with Gasteiger partial charge in [-0.3, -0.25) is 0 Å². The van der Waals surface area contributed by atoms with E-state index in [-0.39, 0.29) is 28.1 Å². The lowest BCUT2D eigenvalue weighted by Gasteiger charge is -2.69. The van der Waals surface area contributed by atoms with Crippen molar-refractivity contribution in [2.75, 3.05) is 6.61 Å². The quantitative estimate of drug-likeness (QED) is 0.472. The summed E-state index contributed by atoms with van der Waals surface area (Å²) in [6.07, 6.45) is 6.93. The highest BCUT2D eigenvalue weighted by Gasteiger charge is 2.75. The van der Waals surface area contributed by atoms with E-state index in [1.807, 2.05) is 0 Å². The van der Waals surface area contributed by atoms with Gasteiger partial charge in [-0.15, -0.1) is 0 Å². The fourth-order valence-electron chi connectivity index (χ4n) is 11.7. The first-order valence-electron chi connectivity index (χ1n) is 14.1. The van der Waals surface area contributed by atoms with Gasteiger partial charge in [-0.1, -0.05) is 60.1 Å². The van der Waals surface area contributed by atoms with Gasteiger partial charge in [0.25, 0.3) is 0 Å². The standard InChI is InChI=1S/C30H48O4/c1-16(2)18-12-21-24-29(7)9-8-17-23(28(29,6)10-11-30(18,24)15-34-21)19(31)13-22-26(3,4)25(33)20(32)14-27(17,22)5/h8,16,18-25,31-33H,9-15H2,1-7H3/t18-,19-,20+,21-,22-,23-,24+,25-,27+,28-,29+,30+/m0/s1. The van der Waals surface area contributed by atoms with E-state index >= 15 is 0 Å². The van der Waals surface area contributed by atoms with Crippen LogP contribution in [0.1, 0.15) is 87.0 Å². The van der Waals surface area contributed by atoms with Crippen LogP contribution in [0.5, 0.6) is 0 Å². The van der Waals surface area contributed by atoms with E-state index in [1.54, 1.807) is 0 Å². The molecule has 6 aliphatic rings. The van der Waals surface area contributed by atoms with Gasteiger partial charge >= 0.3 is 0 Å². The molecule has 12 atom stereocenters. The Morgan fingerprint density at radius 3 is 2.32 bits per heavy atom. The van der Waals surface area contributed by atoms with Crippen LogP contribution in [0, 0.1) is 56.7 Å². The molecule has 4 saturated carbocycles. The van der Waals surface area contributed by atoms with E-state index in [9.17, 15) is 15.3 Å². The number of ether oxygens (including phenoxy) is 1. The highest BCUT2D eigenvalue weighted by atomic mass is 16.5. The molecule has 0 aromatic carbocycles. The summed E-state index contributed by atoms with van der Waals surface area (Å²) in [7, 11) is 0. The Morgan fingerprint density at radius 2 is 1.65 bits per heavy atom. The summed E-state index contributed by atoms with van der Waals surface area (Å²) in [6.45, 7) is 17.3.